The molecule has 0 fully saturated rings. The van der Waals surface area contributed by atoms with E-state index in [1.165, 1.54) is 30.3 Å². The minimum Gasteiger partial charge on any atom is -0.508 e. The van der Waals surface area contributed by atoms with Crippen molar-refractivity contribution in [2.24, 2.45) is 0 Å². The second-order valence-corrected chi connectivity index (χ2v) is 6.32. The van der Waals surface area contributed by atoms with Crippen molar-refractivity contribution >= 4 is 40.9 Å². The summed E-state index contributed by atoms with van der Waals surface area (Å²) < 4.78 is 5.67. The summed E-state index contributed by atoms with van der Waals surface area (Å²) in [6, 6.07) is 16.2. The van der Waals surface area contributed by atoms with Gasteiger partial charge in [0.1, 0.15) is 28.9 Å². The van der Waals surface area contributed by atoms with Crippen LogP contribution in [0.25, 0.3) is 17.4 Å². The predicted octanol–water partition coefficient (Wildman–Crippen LogP) is 5.50. The number of phenols is 1. The lowest BCUT2D eigenvalue weighted by molar-refractivity contribution is -0.112. The number of amides is 1. The second-order valence-electron chi connectivity index (χ2n) is 5.50. The molecule has 134 valence electrons. The summed E-state index contributed by atoms with van der Waals surface area (Å²) in [6.07, 6.45) is 1.34. The molecule has 0 saturated carbocycles. The van der Waals surface area contributed by atoms with Crippen LogP contribution in [-0.4, -0.2) is 11.0 Å². The summed E-state index contributed by atoms with van der Waals surface area (Å²) in [7, 11) is 0. The maximum Gasteiger partial charge on any atom is 0.266 e. The van der Waals surface area contributed by atoms with Gasteiger partial charge in [-0.1, -0.05) is 23.2 Å². The van der Waals surface area contributed by atoms with E-state index in [2.05, 4.69) is 5.32 Å². The molecule has 3 aromatic rings. The molecule has 7 heteroatoms. The Morgan fingerprint density at radius 3 is 2.48 bits per heavy atom. The van der Waals surface area contributed by atoms with Gasteiger partial charge in [-0.15, -0.1) is 0 Å². The van der Waals surface area contributed by atoms with Crippen LogP contribution >= 0.6 is 23.2 Å². The number of rotatable bonds is 4. The smallest absolute Gasteiger partial charge is 0.266 e. The average molecular weight is 399 g/mol. The molecule has 0 saturated heterocycles. The highest BCUT2D eigenvalue weighted by atomic mass is 35.5. The molecule has 0 atom stereocenters. The standard InChI is InChI=1S/C20H12Cl2N2O3/c21-17-7-1-12(10-18(17)22)19-8-6-16(27-19)9-13(11-23)20(26)24-14-2-4-15(25)5-3-14/h1-10,25H,(H,24,26)/b13-9+. The van der Waals surface area contributed by atoms with Crippen molar-refractivity contribution < 1.29 is 14.3 Å². The van der Waals surface area contributed by atoms with Crippen molar-refractivity contribution in [2.45, 2.75) is 0 Å². The maximum atomic E-state index is 12.3. The molecule has 3 rings (SSSR count). The van der Waals surface area contributed by atoms with Gasteiger partial charge in [-0.2, -0.15) is 5.26 Å². The lowest BCUT2D eigenvalue weighted by Gasteiger charge is -2.04. The van der Waals surface area contributed by atoms with Crippen LogP contribution in [0.15, 0.2) is 64.6 Å². The van der Waals surface area contributed by atoms with E-state index in [-0.39, 0.29) is 11.3 Å². The Balaban J connectivity index is 1.80. The minimum atomic E-state index is -0.587. The van der Waals surface area contributed by atoms with Crippen LogP contribution in [0, 0.1) is 11.3 Å². The van der Waals surface area contributed by atoms with Crippen molar-refractivity contribution in [1.82, 2.24) is 0 Å². The monoisotopic (exact) mass is 398 g/mol. The average Bonchev–Trinajstić information content (AvgIpc) is 3.12. The van der Waals surface area contributed by atoms with Gasteiger partial charge < -0.3 is 14.8 Å². The normalized spacial score (nSPS) is 11.1. The zero-order valence-corrected chi connectivity index (χ0v) is 15.3. The molecule has 1 heterocycles. The lowest BCUT2D eigenvalue weighted by Crippen LogP contribution is -2.13. The Bertz CT molecular complexity index is 1060. The molecule has 0 bridgehead atoms. The largest absolute Gasteiger partial charge is 0.508 e. The Hall–Kier alpha value is -3.20. The molecule has 1 amide bonds. The molecule has 1 aromatic heterocycles. The van der Waals surface area contributed by atoms with E-state index < -0.39 is 5.91 Å². The molecular weight excluding hydrogens is 387 g/mol. The van der Waals surface area contributed by atoms with Gasteiger partial charge >= 0.3 is 0 Å². The number of carbonyl (C=O) groups is 1. The third kappa shape index (κ3) is 4.50. The van der Waals surface area contributed by atoms with Gasteiger partial charge in [0, 0.05) is 17.3 Å². The third-order valence-electron chi connectivity index (χ3n) is 3.61. The third-order valence-corrected chi connectivity index (χ3v) is 4.35. The fraction of sp³-hybridized carbons (Fsp3) is 0. The molecule has 0 unspecified atom stereocenters. The Labute approximate surface area is 165 Å². The molecule has 0 aliphatic heterocycles. The number of hydrogen-bond acceptors (Lipinski definition) is 4. The summed E-state index contributed by atoms with van der Waals surface area (Å²) >= 11 is 11.9. The summed E-state index contributed by atoms with van der Waals surface area (Å²) in [5.74, 6) is 0.356. The van der Waals surface area contributed by atoms with Crippen molar-refractivity contribution in [2.75, 3.05) is 5.32 Å². The molecule has 0 aliphatic rings. The number of nitrogens with one attached hydrogen (secondary N) is 1. The number of aromatic hydroxyl groups is 1. The molecular formula is C20H12Cl2N2O3. The second kappa shape index (κ2) is 8.00. The molecule has 27 heavy (non-hydrogen) atoms. The van der Waals surface area contributed by atoms with E-state index >= 15 is 0 Å². The maximum absolute atomic E-state index is 12.3. The van der Waals surface area contributed by atoms with Gasteiger partial charge in [0.05, 0.1) is 10.0 Å². The topological polar surface area (TPSA) is 86.3 Å². The number of phenolic OH excluding ortho intramolecular Hbond substituents is 1. The van der Waals surface area contributed by atoms with E-state index in [1.54, 1.807) is 30.3 Å². The molecule has 0 aliphatic carbocycles. The first-order valence-corrected chi connectivity index (χ1v) is 8.49. The van der Waals surface area contributed by atoms with E-state index in [9.17, 15) is 15.2 Å². The van der Waals surface area contributed by atoms with Crippen molar-refractivity contribution in [3.05, 3.63) is 76.0 Å². The summed E-state index contributed by atoms with van der Waals surface area (Å²) in [6.45, 7) is 0. The van der Waals surface area contributed by atoms with Gasteiger partial charge in [-0.05, 0) is 54.6 Å². The summed E-state index contributed by atoms with van der Waals surface area (Å²) in [4.78, 5) is 12.3. The summed E-state index contributed by atoms with van der Waals surface area (Å²) in [5, 5.41) is 22.0. The first kappa shape index (κ1) is 18.6. The number of halogens is 2. The first-order chi connectivity index (χ1) is 13.0. The van der Waals surface area contributed by atoms with Crippen LogP contribution in [0.2, 0.25) is 10.0 Å². The molecule has 0 radical (unpaired) electrons. The van der Waals surface area contributed by atoms with Crippen molar-refractivity contribution in [3.63, 3.8) is 0 Å². The predicted molar refractivity (Wildman–Crippen MR) is 104 cm³/mol. The zero-order chi connectivity index (χ0) is 19.4. The van der Waals surface area contributed by atoms with Crippen LogP contribution in [0.3, 0.4) is 0 Å². The van der Waals surface area contributed by atoms with Gasteiger partial charge in [0.2, 0.25) is 0 Å². The fourth-order valence-electron chi connectivity index (χ4n) is 2.27. The van der Waals surface area contributed by atoms with Gasteiger partial charge in [0.25, 0.3) is 5.91 Å². The molecule has 2 N–H and O–H groups in total. The quantitative estimate of drug-likeness (QED) is 0.344. The Morgan fingerprint density at radius 2 is 1.81 bits per heavy atom. The molecule has 0 spiro atoms. The Kier molecular flexibility index (Phi) is 5.51. The van der Waals surface area contributed by atoms with Gasteiger partial charge in [0.15, 0.2) is 0 Å². The van der Waals surface area contributed by atoms with Gasteiger partial charge in [-0.3, -0.25) is 4.79 Å². The Morgan fingerprint density at radius 1 is 1.07 bits per heavy atom. The highest BCUT2D eigenvalue weighted by molar-refractivity contribution is 6.42. The number of benzene rings is 2. The number of furan rings is 1. The number of hydrogen-bond donors (Lipinski definition) is 2. The SMILES string of the molecule is N#C/C(=C\c1ccc(-c2ccc(Cl)c(Cl)c2)o1)C(=O)Nc1ccc(O)cc1. The van der Waals surface area contributed by atoms with Crippen LogP contribution in [-0.2, 0) is 4.79 Å². The number of carbonyl (C=O) groups excluding carboxylic acids is 1. The number of nitriles is 1. The van der Waals surface area contributed by atoms with Crippen LogP contribution in [0.5, 0.6) is 5.75 Å². The fourth-order valence-corrected chi connectivity index (χ4v) is 2.57. The van der Waals surface area contributed by atoms with Crippen LogP contribution < -0.4 is 5.32 Å². The van der Waals surface area contributed by atoms with Crippen LogP contribution in [0.1, 0.15) is 5.76 Å². The van der Waals surface area contributed by atoms with E-state index in [0.29, 0.717) is 27.3 Å². The van der Waals surface area contributed by atoms with Crippen molar-refractivity contribution in [3.8, 4) is 23.1 Å². The molecule has 2 aromatic carbocycles. The minimum absolute atomic E-state index is 0.0782. The van der Waals surface area contributed by atoms with Crippen LogP contribution in [0.4, 0.5) is 5.69 Å². The molecule has 5 nitrogen and oxygen atoms in total. The summed E-state index contributed by atoms with van der Waals surface area (Å²) in [5.41, 5.74) is 1.05. The highest BCUT2D eigenvalue weighted by Crippen LogP contribution is 2.30. The number of nitrogens with zero attached hydrogens (tertiary/aromatic N) is 1. The van der Waals surface area contributed by atoms with Crippen molar-refractivity contribution in [1.29, 1.82) is 5.26 Å². The van der Waals surface area contributed by atoms with Gasteiger partial charge in [-0.25, -0.2) is 0 Å². The zero-order valence-electron chi connectivity index (χ0n) is 13.7. The van der Waals surface area contributed by atoms with E-state index in [0.717, 1.165) is 5.56 Å². The lowest BCUT2D eigenvalue weighted by atomic mass is 10.2. The van der Waals surface area contributed by atoms with E-state index in [4.69, 9.17) is 27.6 Å². The van der Waals surface area contributed by atoms with E-state index in [1.807, 2.05) is 6.07 Å². The number of anilines is 1. The first-order valence-electron chi connectivity index (χ1n) is 7.73. The highest BCUT2D eigenvalue weighted by Gasteiger charge is 2.12.